The van der Waals surface area contributed by atoms with E-state index in [0.717, 1.165) is 118 Å². The van der Waals surface area contributed by atoms with Crippen LogP contribution in [0, 0.1) is 5.92 Å². The van der Waals surface area contributed by atoms with Crippen LogP contribution in [0.25, 0.3) is 10.8 Å². The monoisotopic (exact) mass is 984 g/mol. The number of carboxylic acids is 1. The average Bonchev–Trinajstić information content (AvgIpc) is 3.35. The van der Waals surface area contributed by atoms with E-state index in [-0.39, 0.29) is 37.5 Å². The van der Waals surface area contributed by atoms with Crippen molar-refractivity contribution < 1.29 is 48.6 Å². The number of nitrogens with one attached hydrogen (secondary N) is 5. The topological polar surface area (TPSA) is 289 Å². The van der Waals surface area contributed by atoms with Crippen molar-refractivity contribution >= 4 is 58.1 Å². The predicted octanol–water partition coefficient (Wildman–Crippen LogP) is 4.92. The Labute approximate surface area is 417 Å². The molecule has 5 atom stereocenters. The highest BCUT2D eigenvalue weighted by Gasteiger charge is 2.32. The van der Waals surface area contributed by atoms with Gasteiger partial charge in [0.05, 0.1) is 13.0 Å². The Kier molecular flexibility index (Phi) is 25.6. The molecule has 0 aromatic heterocycles. The van der Waals surface area contributed by atoms with Crippen LogP contribution in [-0.4, -0.2) is 94.3 Å². The average molecular weight is 984 g/mol. The Morgan fingerprint density at radius 2 is 1.01 bits per heavy atom. The number of hydrogen-bond acceptors (Lipinski definition) is 9. The van der Waals surface area contributed by atoms with Crippen LogP contribution in [0.5, 0.6) is 0 Å². The van der Waals surface area contributed by atoms with Crippen LogP contribution in [-0.2, 0) is 51.2 Å². The molecule has 388 valence electrons. The van der Waals surface area contributed by atoms with Gasteiger partial charge in [-0.15, -0.1) is 0 Å². The number of benzene rings is 3. The van der Waals surface area contributed by atoms with Crippen LogP contribution in [0.15, 0.2) is 72.8 Å². The minimum absolute atomic E-state index is 0.00867. The van der Waals surface area contributed by atoms with Crippen LogP contribution >= 0.6 is 0 Å². The van der Waals surface area contributed by atoms with E-state index in [1.165, 1.54) is 0 Å². The van der Waals surface area contributed by atoms with Gasteiger partial charge in [-0.2, -0.15) is 0 Å². The van der Waals surface area contributed by atoms with Crippen molar-refractivity contribution in [3.63, 3.8) is 0 Å². The molecule has 0 spiro atoms. The Morgan fingerprint density at radius 1 is 0.521 bits per heavy atom. The molecule has 17 heteroatoms. The van der Waals surface area contributed by atoms with Crippen LogP contribution < -0.4 is 38.1 Å². The van der Waals surface area contributed by atoms with E-state index in [0.29, 0.717) is 19.3 Å². The van der Waals surface area contributed by atoms with Crippen LogP contribution in [0.1, 0.15) is 146 Å². The van der Waals surface area contributed by atoms with Gasteiger partial charge in [-0.05, 0) is 47.1 Å². The molecule has 7 amide bonds. The Balaban J connectivity index is 1.05. The lowest BCUT2D eigenvalue weighted by molar-refractivity contribution is -0.142. The molecule has 1 fully saturated rings. The van der Waals surface area contributed by atoms with Crippen molar-refractivity contribution in [2.45, 2.75) is 178 Å². The second kappa shape index (κ2) is 31.8. The van der Waals surface area contributed by atoms with Gasteiger partial charge in [-0.1, -0.05) is 169 Å². The van der Waals surface area contributed by atoms with E-state index in [4.69, 9.17) is 11.5 Å². The summed E-state index contributed by atoms with van der Waals surface area (Å²) >= 11 is 0. The fourth-order valence-electron chi connectivity index (χ4n) is 9.24. The molecule has 0 heterocycles. The van der Waals surface area contributed by atoms with Gasteiger partial charge in [0, 0.05) is 25.7 Å². The zero-order valence-electron chi connectivity index (χ0n) is 41.2. The number of carbonyl (C=O) groups is 8. The lowest BCUT2D eigenvalue weighted by Crippen LogP contribution is -2.57. The van der Waals surface area contributed by atoms with Gasteiger partial charge in [0.2, 0.25) is 41.4 Å². The van der Waals surface area contributed by atoms with Crippen molar-refractivity contribution in [1.29, 1.82) is 0 Å². The maximum absolute atomic E-state index is 13.6. The van der Waals surface area contributed by atoms with Crippen LogP contribution in [0.2, 0.25) is 0 Å². The number of aliphatic hydroxyl groups excluding tert-OH is 1. The first-order chi connectivity index (χ1) is 34.2. The van der Waals surface area contributed by atoms with E-state index < -0.39 is 84.6 Å². The second-order valence-electron chi connectivity index (χ2n) is 19.0. The first-order valence-electron chi connectivity index (χ1n) is 25.7. The van der Waals surface area contributed by atoms with Gasteiger partial charge < -0.3 is 48.3 Å². The molecule has 1 aliphatic carbocycles. The Hall–Kier alpha value is -6.36. The summed E-state index contributed by atoms with van der Waals surface area (Å²) in [5.74, 6) is -5.31. The zero-order chi connectivity index (χ0) is 51.4. The number of unbranched alkanes of at least 4 members (excludes halogenated alkanes) is 11. The number of fused-ring (bicyclic) bond motifs is 1. The summed E-state index contributed by atoms with van der Waals surface area (Å²) in [6.45, 7) is -0.639. The van der Waals surface area contributed by atoms with E-state index in [2.05, 4.69) is 26.6 Å². The van der Waals surface area contributed by atoms with Crippen LogP contribution in [0.4, 0.5) is 0 Å². The van der Waals surface area contributed by atoms with Gasteiger partial charge in [-0.25, -0.2) is 4.79 Å². The van der Waals surface area contributed by atoms with Crippen molar-refractivity contribution in [1.82, 2.24) is 26.6 Å². The van der Waals surface area contributed by atoms with Gasteiger partial charge >= 0.3 is 5.97 Å². The number of aliphatic carboxylic acids is 1. The fraction of sp³-hybridized carbons (Fsp3) is 0.556. The fourth-order valence-corrected chi connectivity index (χ4v) is 9.24. The molecule has 4 rings (SSSR count). The summed E-state index contributed by atoms with van der Waals surface area (Å²) < 4.78 is 0. The summed E-state index contributed by atoms with van der Waals surface area (Å²) in [5, 5.41) is 34.9. The number of carboxylic acid groups (broad SMARTS) is 1. The molecule has 17 nitrogen and oxygen atoms in total. The molecule has 1 aliphatic rings. The summed E-state index contributed by atoms with van der Waals surface area (Å²) in [6.07, 6.45) is 16.6. The van der Waals surface area contributed by atoms with Crippen molar-refractivity contribution in [3.8, 4) is 0 Å². The van der Waals surface area contributed by atoms with Crippen LogP contribution in [0.3, 0.4) is 0 Å². The minimum atomic E-state index is -1.30. The number of amides is 7. The minimum Gasteiger partial charge on any atom is -0.480 e. The molecule has 11 N–H and O–H groups in total. The quantitative estimate of drug-likeness (QED) is 0.0364. The van der Waals surface area contributed by atoms with E-state index in [9.17, 15) is 48.6 Å². The second-order valence-corrected chi connectivity index (χ2v) is 19.0. The Morgan fingerprint density at radius 3 is 1.58 bits per heavy atom. The number of nitrogens with two attached hydrogens (primary N) is 2. The molecule has 0 bridgehead atoms. The van der Waals surface area contributed by atoms with Crippen molar-refractivity contribution in [2.75, 3.05) is 6.61 Å². The highest BCUT2D eigenvalue weighted by atomic mass is 16.4. The highest BCUT2D eigenvalue weighted by Crippen LogP contribution is 2.28. The summed E-state index contributed by atoms with van der Waals surface area (Å²) in [4.78, 5) is 102. The third kappa shape index (κ3) is 21.7. The number of hydrogen-bond donors (Lipinski definition) is 9. The molecule has 0 unspecified atom stereocenters. The maximum Gasteiger partial charge on any atom is 0.326 e. The number of aliphatic hydroxyl groups is 1. The lowest BCUT2D eigenvalue weighted by atomic mass is 9.84. The molecular formula is C54H77N7O10. The third-order valence-electron chi connectivity index (χ3n) is 13.2. The number of carbonyl (C=O) groups excluding carboxylic acids is 7. The third-order valence-corrected chi connectivity index (χ3v) is 13.2. The SMILES string of the molecule is NC(=O)C[C@H](NC(=O)CCCCCCCCCCCCCCC(=O)N[C@@H](CO)C(=O)N[C@@H](CC1CCCCC1)C(=O)N[C@@H](Cc1ccccc1)C(N)=O)C(=O)N[C@@H](Cc1cccc2ccccc12)C(=O)O. The summed E-state index contributed by atoms with van der Waals surface area (Å²) in [5.41, 5.74) is 12.6. The molecule has 0 aliphatic heterocycles. The summed E-state index contributed by atoms with van der Waals surface area (Å²) in [6, 6.07) is 16.4. The molecule has 1 saturated carbocycles. The zero-order valence-corrected chi connectivity index (χ0v) is 41.2. The Bertz CT molecular complexity index is 2180. The molecule has 0 saturated heterocycles. The van der Waals surface area contributed by atoms with E-state index in [1.807, 2.05) is 66.7 Å². The van der Waals surface area contributed by atoms with Gasteiger partial charge in [0.15, 0.2) is 0 Å². The van der Waals surface area contributed by atoms with Crippen molar-refractivity contribution in [3.05, 3.63) is 83.9 Å². The van der Waals surface area contributed by atoms with Crippen molar-refractivity contribution in [2.24, 2.45) is 17.4 Å². The molecule has 71 heavy (non-hydrogen) atoms. The van der Waals surface area contributed by atoms with Gasteiger partial charge in [0.1, 0.15) is 30.2 Å². The lowest BCUT2D eigenvalue weighted by Gasteiger charge is -2.29. The first-order valence-corrected chi connectivity index (χ1v) is 25.7. The van der Waals surface area contributed by atoms with Gasteiger partial charge in [-0.3, -0.25) is 33.6 Å². The number of primary amides is 2. The first kappa shape index (κ1) is 57.2. The highest BCUT2D eigenvalue weighted by molar-refractivity contribution is 5.95. The molecule has 3 aromatic carbocycles. The maximum atomic E-state index is 13.6. The van der Waals surface area contributed by atoms with E-state index in [1.54, 1.807) is 6.07 Å². The molecular weight excluding hydrogens is 907 g/mol. The normalized spacial score (nSPS) is 14.8. The van der Waals surface area contributed by atoms with Gasteiger partial charge in [0.25, 0.3) is 0 Å². The van der Waals surface area contributed by atoms with E-state index >= 15 is 0 Å². The largest absolute Gasteiger partial charge is 0.480 e. The predicted molar refractivity (Wildman–Crippen MR) is 271 cm³/mol. The standard InChI is InChI=1S/C54H77N7O10/c55-47(63)35-44(52(68)61-45(54(70)71)34-40-28-21-27-39-26-19-20-29-41(39)40)57-48(64)30-17-9-7-5-3-1-2-4-6-8-10-18-31-49(65)58-46(36-62)53(69)60-43(33-38-24-15-12-16-25-38)51(67)59-42(50(56)66)32-37-22-13-11-14-23-37/h11,13-14,19-23,26-29,38,42-46,62H,1-10,12,15-18,24-25,30-36H2,(H2,55,63)(H2,56,66)(H,57,64)(H,58,65)(H,59,67)(H,60,69)(H,61,68)(H,70,71)/t42-,43-,44-,45-,46-/m0/s1. The molecule has 3 aromatic rings. The smallest absolute Gasteiger partial charge is 0.326 e. The molecule has 0 radical (unpaired) electrons. The number of rotatable bonds is 34. The summed E-state index contributed by atoms with van der Waals surface area (Å²) in [7, 11) is 0.